The molecular formula is C12H16N4O. The van der Waals surface area contributed by atoms with Gasteiger partial charge in [-0.1, -0.05) is 6.92 Å². The van der Waals surface area contributed by atoms with Crippen molar-refractivity contribution < 1.29 is 4.79 Å². The van der Waals surface area contributed by atoms with Crippen molar-refractivity contribution in [2.45, 2.75) is 13.8 Å². The van der Waals surface area contributed by atoms with Crippen LogP contribution in [-0.4, -0.2) is 22.6 Å². The number of fused-ring (bicyclic) bond motifs is 1. The predicted octanol–water partition coefficient (Wildman–Crippen LogP) is 1.40. The second kappa shape index (κ2) is 4.55. The number of carbonyl (C=O) groups excluding carboxylic acids is 1. The third-order valence-corrected chi connectivity index (χ3v) is 2.84. The van der Waals surface area contributed by atoms with Crippen LogP contribution in [0.4, 0.5) is 5.69 Å². The second-order valence-electron chi connectivity index (χ2n) is 4.25. The number of anilines is 1. The SMILES string of the molecule is Cc1cc2cn[nH]c2cc1NC(=O)C(C)CN. The Bertz CT molecular complexity index is 546. The predicted molar refractivity (Wildman–Crippen MR) is 67.7 cm³/mol. The average Bonchev–Trinajstić information content (AvgIpc) is 2.75. The van der Waals surface area contributed by atoms with Gasteiger partial charge in [0.1, 0.15) is 0 Å². The minimum Gasteiger partial charge on any atom is -0.330 e. The summed E-state index contributed by atoms with van der Waals surface area (Å²) in [5, 5.41) is 10.7. The first kappa shape index (κ1) is 11.6. The van der Waals surface area contributed by atoms with E-state index in [0.717, 1.165) is 22.2 Å². The molecule has 5 nitrogen and oxygen atoms in total. The molecule has 17 heavy (non-hydrogen) atoms. The fraction of sp³-hybridized carbons (Fsp3) is 0.333. The summed E-state index contributed by atoms with van der Waals surface area (Å²) < 4.78 is 0. The van der Waals surface area contributed by atoms with Crippen molar-refractivity contribution in [3.8, 4) is 0 Å². The van der Waals surface area contributed by atoms with E-state index < -0.39 is 0 Å². The van der Waals surface area contributed by atoms with Gasteiger partial charge < -0.3 is 11.1 Å². The van der Waals surface area contributed by atoms with Crippen LogP contribution in [0.1, 0.15) is 12.5 Å². The molecule has 1 aromatic carbocycles. The molecule has 0 bridgehead atoms. The van der Waals surface area contributed by atoms with Crippen LogP contribution >= 0.6 is 0 Å². The van der Waals surface area contributed by atoms with Crippen LogP contribution < -0.4 is 11.1 Å². The molecule has 0 radical (unpaired) electrons. The van der Waals surface area contributed by atoms with E-state index in [0.29, 0.717) is 6.54 Å². The molecule has 1 amide bonds. The van der Waals surface area contributed by atoms with Crippen molar-refractivity contribution in [3.63, 3.8) is 0 Å². The number of hydrogen-bond acceptors (Lipinski definition) is 3. The highest BCUT2D eigenvalue weighted by Gasteiger charge is 2.12. The van der Waals surface area contributed by atoms with Crippen molar-refractivity contribution in [3.05, 3.63) is 23.9 Å². The van der Waals surface area contributed by atoms with Gasteiger partial charge in [0.2, 0.25) is 5.91 Å². The van der Waals surface area contributed by atoms with Crippen molar-refractivity contribution in [1.82, 2.24) is 10.2 Å². The number of aromatic amines is 1. The van der Waals surface area contributed by atoms with Gasteiger partial charge in [-0.2, -0.15) is 5.10 Å². The number of rotatable bonds is 3. The monoisotopic (exact) mass is 232 g/mol. The summed E-state index contributed by atoms with van der Waals surface area (Å²) in [6.07, 6.45) is 1.76. The van der Waals surface area contributed by atoms with E-state index >= 15 is 0 Å². The Balaban J connectivity index is 2.29. The summed E-state index contributed by atoms with van der Waals surface area (Å²) in [6.45, 7) is 4.10. The van der Waals surface area contributed by atoms with Gasteiger partial charge in [-0.05, 0) is 24.6 Å². The second-order valence-corrected chi connectivity index (χ2v) is 4.25. The normalized spacial score (nSPS) is 12.6. The van der Waals surface area contributed by atoms with Crippen LogP contribution in [0.5, 0.6) is 0 Å². The fourth-order valence-corrected chi connectivity index (χ4v) is 1.60. The van der Waals surface area contributed by atoms with E-state index in [9.17, 15) is 4.79 Å². The minimum atomic E-state index is -0.188. The molecule has 0 saturated carbocycles. The molecule has 90 valence electrons. The lowest BCUT2D eigenvalue weighted by molar-refractivity contribution is -0.119. The van der Waals surface area contributed by atoms with Crippen molar-refractivity contribution in [2.24, 2.45) is 11.7 Å². The zero-order valence-electron chi connectivity index (χ0n) is 9.95. The number of nitrogens with one attached hydrogen (secondary N) is 2. The third kappa shape index (κ3) is 2.29. The number of aryl methyl sites for hydroxylation is 1. The Morgan fingerprint density at radius 2 is 2.35 bits per heavy atom. The van der Waals surface area contributed by atoms with Gasteiger partial charge in [0, 0.05) is 23.5 Å². The van der Waals surface area contributed by atoms with Gasteiger partial charge in [0.05, 0.1) is 11.7 Å². The van der Waals surface area contributed by atoms with E-state index in [1.165, 1.54) is 0 Å². The largest absolute Gasteiger partial charge is 0.330 e. The molecule has 1 atom stereocenters. The molecule has 5 heteroatoms. The van der Waals surface area contributed by atoms with Crippen molar-refractivity contribution in [1.29, 1.82) is 0 Å². The lowest BCUT2D eigenvalue weighted by atomic mass is 10.1. The van der Waals surface area contributed by atoms with Crippen LogP contribution in [0.25, 0.3) is 10.9 Å². The highest BCUT2D eigenvalue weighted by molar-refractivity contribution is 5.95. The summed E-state index contributed by atoms with van der Waals surface area (Å²) in [5.41, 5.74) is 8.18. The van der Waals surface area contributed by atoms with Crippen LogP contribution in [0, 0.1) is 12.8 Å². The first-order valence-corrected chi connectivity index (χ1v) is 5.56. The Morgan fingerprint density at radius 3 is 3.06 bits per heavy atom. The number of nitrogens with zero attached hydrogens (tertiary/aromatic N) is 1. The van der Waals surface area contributed by atoms with Crippen LogP contribution in [-0.2, 0) is 4.79 Å². The number of benzene rings is 1. The molecule has 1 unspecified atom stereocenters. The van der Waals surface area contributed by atoms with Crippen LogP contribution in [0.15, 0.2) is 18.3 Å². The maximum Gasteiger partial charge on any atom is 0.228 e. The molecule has 0 fully saturated rings. The molecule has 4 N–H and O–H groups in total. The standard InChI is InChI=1S/C12H16N4O/c1-7-3-9-6-14-16-11(9)4-10(7)15-12(17)8(2)5-13/h3-4,6,8H,5,13H2,1-2H3,(H,14,16)(H,15,17). The lowest BCUT2D eigenvalue weighted by Crippen LogP contribution is -2.26. The summed E-state index contributed by atoms with van der Waals surface area (Å²) in [7, 11) is 0. The molecular weight excluding hydrogens is 216 g/mol. The minimum absolute atomic E-state index is 0.0607. The highest BCUT2D eigenvalue weighted by Crippen LogP contribution is 2.22. The molecule has 1 aromatic heterocycles. The van der Waals surface area contributed by atoms with Crippen LogP contribution in [0.2, 0.25) is 0 Å². The number of carbonyl (C=O) groups is 1. The number of aromatic nitrogens is 2. The Morgan fingerprint density at radius 1 is 1.59 bits per heavy atom. The van der Waals surface area contributed by atoms with Crippen molar-refractivity contribution >= 4 is 22.5 Å². The fourth-order valence-electron chi connectivity index (χ4n) is 1.60. The smallest absolute Gasteiger partial charge is 0.228 e. The highest BCUT2D eigenvalue weighted by atomic mass is 16.1. The first-order valence-electron chi connectivity index (χ1n) is 5.56. The van der Waals surface area contributed by atoms with E-state index in [1.807, 2.05) is 19.1 Å². The van der Waals surface area contributed by atoms with E-state index in [4.69, 9.17) is 5.73 Å². The molecule has 0 aliphatic rings. The molecule has 2 rings (SSSR count). The summed E-state index contributed by atoms with van der Waals surface area (Å²) in [4.78, 5) is 11.8. The first-order chi connectivity index (χ1) is 8.11. The van der Waals surface area contributed by atoms with Crippen molar-refractivity contribution in [2.75, 3.05) is 11.9 Å². The number of hydrogen-bond donors (Lipinski definition) is 3. The third-order valence-electron chi connectivity index (χ3n) is 2.84. The molecule has 0 aliphatic heterocycles. The van der Waals surface area contributed by atoms with E-state index in [2.05, 4.69) is 15.5 Å². The zero-order chi connectivity index (χ0) is 12.4. The lowest BCUT2D eigenvalue weighted by Gasteiger charge is -2.12. The van der Waals surface area contributed by atoms with Gasteiger partial charge in [-0.25, -0.2) is 0 Å². The topological polar surface area (TPSA) is 83.8 Å². The number of H-pyrrole nitrogens is 1. The van der Waals surface area contributed by atoms with Gasteiger partial charge >= 0.3 is 0 Å². The zero-order valence-corrected chi connectivity index (χ0v) is 9.95. The van der Waals surface area contributed by atoms with E-state index in [1.54, 1.807) is 13.1 Å². The van der Waals surface area contributed by atoms with Gasteiger partial charge in [0.15, 0.2) is 0 Å². The summed E-state index contributed by atoms with van der Waals surface area (Å²) in [6, 6.07) is 3.88. The Hall–Kier alpha value is -1.88. The maximum absolute atomic E-state index is 11.8. The summed E-state index contributed by atoms with van der Waals surface area (Å²) >= 11 is 0. The van der Waals surface area contributed by atoms with Gasteiger partial charge in [-0.15, -0.1) is 0 Å². The Labute approximate surface area is 99.4 Å². The average molecular weight is 232 g/mol. The molecule has 1 heterocycles. The number of nitrogens with two attached hydrogens (primary N) is 1. The molecule has 0 saturated heterocycles. The Kier molecular flexibility index (Phi) is 3.10. The molecule has 2 aromatic rings. The van der Waals surface area contributed by atoms with Gasteiger partial charge in [0.25, 0.3) is 0 Å². The summed E-state index contributed by atoms with van der Waals surface area (Å²) in [5.74, 6) is -0.249. The number of amides is 1. The quantitative estimate of drug-likeness (QED) is 0.748. The molecule has 0 aliphatic carbocycles. The molecule has 0 spiro atoms. The van der Waals surface area contributed by atoms with Crippen LogP contribution in [0.3, 0.4) is 0 Å². The van der Waals surface area contributed by atoms with E-state index in [-0.39, 0.29) is 11.8 Å². The van der Waals surface area contributed by atoms with Gasteiger partial charge in [-0.3, -0.25) is 9.89 Å². The maximum atomic E-state index is 11.8.